The molecule has 0 bridgehead atoms. The zero-order valence-electron chi connectivity index (χ0n) is 5.70. The van der Waals surface area contributed by atoms with Gasteiger partial charge in [0.1, 0.15) is 0 Å². The van der Waals surface area contributed by atoms with E-state index in [1.807, 2.05) is 0 Å². The van der Waals surface area contributed by atoms with Crippen molar-refractivity contribution in [1.29, 1.82) is 0 Å². The van der Waals surface area contributed by atoms with Crippen LogP contribution in [0.3, 0.4) is 0 Å². The summed E-state index contributed by atoms with van der Waals surface area (Å²) < 4.78 is 0. The third kappa shape index (κ3) is 5.80. The van der Waals surface area contributed by atoms with Crippen molar-refractivity contribution in [2.24, 2.45) is 5.92 Å². The molecule has 60 valence electrons. The van der Waals surface area contributed by atoms with Crippen molar-refractivity contribution >= 4 is 63.3 Å². The van der Waals surface area contributed by atoms with Crippen LogP contribution in [0.1, 0.15) is 19.8 Å². The summed E-state index contributed by atoms with van der Waals surface area (Å²) >= 11 is 0. The minimum atomic E-state index is -1.26. The molecule has 5 heteroatoms. The van der Waals surface area contributed by atoms with E-state index in [2.05, 4.69) is 0 Å². The maximum absolute atomic E-state index is 10.2. The van der Waals surface area contributed by atoms with Gasteiger partial charge in [-0.1, -0.05) is 13.3 Å². The van der Waals surface area contributed by atoms with Gasteiger partial charge in [0.15, 0.2) is 5.92 Å². The third-order valence-corrected chi connectivity index (χ3v) is 1.17. The Kier molecular flexibility index (Phi) is 9.29. The molecule has 0 atom stereocenters. The van der Waals surface area contributed by atoms with Crippen molar-refractivity contribution in [2.45, 2.75) is 19.8 Å². The fraction of sp³-hybridized carbons (Fsp3) is 0.667. The molecule has 0 aromatic rings. The topological polar surface area (TPSA) is 74.6 Å². The number of hydrogen-bond donors (Lipinski definition) is 2. The Morgan fingerprint density at radius 3 is 1.73 bits per heavy atom. The molecule has 11 heavy (non-hydrogen) atoms. The number of aliphatic carboxylic acids is 2. The van der Waals surface area contributed by atoms with Crippen LogP contribution in [-0.2, 0) is 9.59 Å². The second-order valence-electron chi connectivity index (χ2n) is 2.02. The van der Waals surface area contributed by atoms with Gasteiger partial charge < -0.3 is 10.2 Å². The van der Waals surface area contributed by atoms with Crippen LogP contribution in [-0.4, -0.2) is 73.5 Å². The number of carboxylic acid groups (broad SMARTS) is 2. The summed E-state index contributed by atoms with van der Waals surface area (Å²) in [6, 6.07) is 0. The third-order valence-electron chi connectivity index (χ3n) is 1.17. The van der Waals surface area contributed by atoms with Gasteiger partial charge in [-0.25, -0.2) is 0 Å². The van der Waals surface area contributed by atoms with Crippen LogP contribution in [0.4, 0.5) is 0 Å². The molecule has 0 aromatic carbocycles. The summed E-state index contributed by atoms with van der Waals surface area (Å²) in [7, 11) is 0. The molecule has 0 amide bonds. The molecule has 2 N–H and O–H groups in total. The molecular formula is C6H11KO4. The van der Waals surface area contributed by atoms with Crippen LogP contribution in [0.15, 0.2) is 0 Å². The van der Waals surface area contributed by atoms with Crippen molar-refractivity contribution in [3.63, 3.8) is 0 Å². The van der Waals surface area contributed by atoms with Crippen LogP contribution in [0.2, 0.25) is 0 Å². The van der Waals surface area contributed by atoms with Crippen LogP contribution in [0, 0.1) is 5.92 Å². The molecule has 0 saturated heterocycles. The van der Waals surface area contributed by atoms with Crippen LogP contribution in [0.25, 0.3) is 0 Å². The van der Waals surface area contributed by atoms with Crippen LogP contribution < -0.4 is 0 Å². The second-order valence-corrected chi connectivity index (χ2v) is 2.02. The Morgan fingerprint density at radius 2 is 1.64 bits per heavy atom. The van der Waals surface area contributed by atoms with Gasteiger partial charge in [-0.05, 0) is 6.42 Å². The first-order valence-electron chi connectivity index (χ1n) is 3.05. The average molecular weight is 186 g/mol. The molecule has 0 aliphatic rings. The monoisotopic (exact) mass is 186 g/mol. The molecule has 0 spiro atoms. The quantitative estimate of drug-likeness (QED) is 0.476. The van der Waals surface area contributed by atoms with Crippen molar-refractivity contribution in [3.05, 3.63) is 0 Å². The predicted octanol–water partition coefficient (Wildman–Crippen LogP) is -0.0766. The fourth-order valence-corrected chi connectivity index (χ4v) is 0.641. The number of hydrogen-bond acceptors (Lipinski definition) is 2. The van der Waals surface area contributed by atoms with E-state index in [1.165, 1.54) is 0 Å². The maximum atomic E-state index is 10.2. The zero-order chi connectivity index (χ0) is 8.15. The Morgan fingerprint density at radius 1 is 1.27 bits per heavy atom. The van der Waals surface area contributed by atoms with Crippen LogP contribution in [0.5, 0.6) is 0 Å². The van der Waals surface area contributed by atoms with Gasteiger partial charge in [0.2, 0.25) is 0 Å². The SMILES string of the molecule is CCCC(C(=O)O)C(=O)O.[KH]. The first-order chi connectivity index (χ1) is 4.59. The van der Waals surface area contributed by atoms with Crippen molar-refractivity contribution in [2.75, 3.05) is 0 Å². The van der Waals surface area contributed by atoms with Gasteiger partial charge in [-0.15, -0.1) is 0 Å². The van der Waals surface area contributed by atoms with Gasteiger partial charge in [0, 0.05) is 0 Å². The Labute approximate surface area is 107 Å². The molecule has 0 radical (unpaired) electrons. The van der Waals surface area contributed by atoms with E-state index in [1.54, 1.807) is 6.92 Å². The predicted molar refractivity (Wildman–Crippen MR) is 40.8 cm³/mol. The molecule has 0 aliphatic heterocycles. The number of carboxylic acids is 2. The zero-order valence-corrected chi connectivity index (χ0v) is 5.70. The van der Waals surface area contributed by atoms with E-state index < -0.39 is 17.9 Å². The van der Waals surface area contributed by atoms with Crippen LogP contribution >= 0.6 is 0 Å². The second kappa shape index (κ2) is 7.24. The van der Waals surface area contributed by atoms with E-state index in [9.17, 15) is 9.59 Å². The summed E-state index contributed by atoms with van der Waals surface area (Å²) in [5.41, 5.74) is 0. The summed E-state index contributed by atoms with van der Waals surface area (Å²) in [6.45, 7) is 1.75. The molecule has 0 saturated carbocycles. The summed E-state index contributed by atoms with van der Waals surface area (Å²) in [6.07, 6.45) is 0.772. The Balaban J connectivity index is 0. The first-order valence-corrected chi connectivity index (χ1v) is 3.05. The Hall–Kier alpha value is 0.576. The molecule has 0 aromatic heterocycles. The first kappa shape index (κ1) is 14.1. The molecule has 0 heterocycles. The van der Waals surface area contributed by atoms with Crippen molar-refractivity contribution in [3.8, 4) is 0 Å². The number of rotatable bonds is 4. The number of carbonyl (C=O) groups is 2. The molecule has 0 fully saturated rings. The van der Waals surface area contributed by atoms with Gasteiger partial charge in [-0.3, -0.25) is 9.59 Å². The van der Waals surface area contributed by atoms with E-state index in [4.69, 9.17) is 10.2 Å². The molecule has 0 unspecified atom stereocenters. The minimum absolute atomic E-state index is 0. The fourth-order valence-electron chi connectivity index (χ4n) is 0.641. The van der Waals surface area contributed by atoms with E-state index in [0.29, 0.717) is 6.42 Å². The van der Waals surface area contributed by atoms with Gasteiger partial charge in [-0.2, -0.15) is 0 Å². The molecular weight excluding hydrogens is 175 g/mol. The van der Waals surface area contributed by atoms with E-state index >= 15 is 0 Å². The molecule has 0 aliphatic carbocycles. The van der Waals surface area contributed by atoms with Crippen molar-refractivity contribution in [1.82, 2.24) is 0 Å². The van der Waals surface area contributed by atoms with E-state index in [0.717, 1.165) is 0 Å². The summed E-state index contributed by atoms with van der Waals surface area (Å²) in [5.74, 6) is -3.74. The molecule has 4 nitrogen and oxygen atoms in total. The van der Waals surface area contributed by atoms with Gasteiger partial charge in [0.25, 0.3) is 0 Å². The van der Waals surface area contributed by atoms with Crippen molar-refractivity contribution < 1.29 is 19.8 Å². The van der Waals surface area contributed by atoms with Gasteiger partial charge in [0.05, 0.1) is 0 Å². The van der Waals surface area contributed by atoms with Gasteiger partial charge >= 0.3 is 63.3 Å². The normalized spacial score (nSPS) is 8.91. The Bertz CT molecular complexity index is 132. The standard InChI is InChI=1S/C6H10O4.K.H/c1-2-3-4(5(7)8)6(9)10;;/h4H,2-3H2,1H3,(H,7,8)(H,9,10);;. The molecule has 0 rings (SSSR count). The average Bonchev–Trinajstić information content (AvgIpc) is 1.81. The van der Waals surface area contributed by atoms with E-state index in [-0.39, 0.29) is 57.8 Å². The summed E-state index contributed by atoms with van der Waals surface area (Å²) in [5, 5.41) is 16.6. The summed E-state index contributed by atoms with van der Waals surface area (Å²) in [4.78, 5) is 20.3.